The van der Waals surface area contributed by atoms with Gasteiger partial charge in [-0.15, -0.1) is 0 Å². The molecule has 0 heterocycles. The second-order valence-electron chi connectivity index (χ2n) is 4.22. The summed E-state index contributed by atoms with van der Waals surface area (Å²) < 4.78 is 57.7. The number of nitrogens with one attached hydrogen (secondary N) is 1. The lowest BCUT2D eigenvalue weighted by atomic mass is 10.1. The zero-order valence-corrected chi connectivity index (χ0v) is 11.6. The maximum atomic E-state index is 13.0. The van der Waals surface area contributed by atoms with Crippen molar-refractivity contribution in [1.82, 2.24) is 4.72 Å². The Kier molecular flexibility index (Phi) is 5.37. The van der Waals surface area contributed by atoms with Crippen molar-refractivity contribution in [3.8, 4) is 5.75 Å². The number of ether oxygens (including phenoxy) is 1. The van der Waals surface area contributed by atoms with Crippen LogP contribution in [0.15, 0.2) is 24.3 Å². The molecule has 0 saturated heterocycles. The lowest BCUT2D eigenvalue weighted by Crippen LogP contribution is -2.37. The highest BCUT2D eigenvalue weighted by Crippen LogP contribution is 2.34. The van der Waals surface area contributed by atoms with E-state index in [2.05, 4.69) is 4.72 Å². The van der Waals surface area contributed by atoms with Crippen LogP contribution in [0.1, 0.15) is 25.5 Å². The van der Waals surface area contributed by atoms with Gasteiger partial charge in [0.2, 0.25) is 0 Å². The fourth-order valence-electron chi connectivity index (χ4n) is 1.40. The van der Waals surface area contributed by atoms with Gasteiger partial charge in [-0.05, 0) is 31.5 Å². The summed E-state index contributed by atoms with van der Waals surface area (Å²) in [4.78, 5) is 0. The summed E-state index contributed by atoms with van der Waals surface area (Å²) in [5, 5.41) is -0.407. The Morgan fingerprint density at radius 2 is 1.95 bits per heavy atom. The molecule has 1 rings (SSSR count). The van der Waals surface area contributed by atoms with E-state index in [0.717, 1.165) is 0 Å². The highest BCUT2D eigenvalue weighted by atomic mass is 32.2. The van der Waals surface area contributed by atoms with Gasteiger partial charge in [-0.25, -0.2) is 8.93 Å². The summed E-state index contributed by atoms with van der Waals surface area (Å²) in [6.45, 7) is 3.17. The third-order valence-corrected chi connectivity index (χ3v) is 3.74. The molecule has 19 heavy (non-hydrogen) atoms. The smallest absolute Gasteiger partial charge is 0.408 e. The summed E-state index contributed by atoms with van der Waals surface area (Å²) >= 11 is 0. The predicted molar refractivity (Wildman–Crippen MR) is 68.2 cm³/mol. The van der Waals surface area contributed by atoms with E-state index >= 15 is 0 Å². The zero-order chi connectivity index (χ0) is 14.6. The maximum absolute atomic E-state index is 13.0. The average Bonchev–Trinajstić information content (AvgIpc) is 2.34. The Bertz CT molecular complexity index is 449. The lowest BCUT2D eigenvalue weighted by molar-refractivity contribution is -0.152. The fraction of sp³-hybridized carbons (Fsp3) is 0.500. The van der Waals surface area contributed by atoms with Gasteiger partial charge in [0.1, 0.15) is 11.8 Å². The Balaban J connectivity index is 3.06. The Labute approximate surface area is 112 Å². The first kappa shape index (κ1) is 16.0. The third-order valence-electron chi connectivity index (χ3n) is 2.42. The van der Waals surface area contributed by atoms with Gasteiger partial charge in [0.15, 0.2) is 0 Å². The first-order valence-corrected chi connectivity index (χ1v) is 6.84. The zero-order valence-electron chi connectivity index (χ0n) is 10.8. The van der Waals surface area contributed by atoms with Gasteiger partial charge in [-0.1, -0.05) is 12.1 Å². The van der Waals surface area contributed by atoms with Crippen LogP contribution in [0.3, 0.4) is 0 Å². The van der Waals surface area contributed by atoms with Crippen molar-refractivity contribution in [3.63, 3.8) is 0 Å². The fourth-order valence-corrected chi connectivity index (χ4v) is 2.17. The molecule has 3 nitrogen and oxygen atoms in total. The van der Waals surface area contributed by atoms with E-state index in [1.807, 2.05) is 0 Å². The van der Waals surface area contributed by atoms with Gasteiger partial charge in [-0.2, -0.15) is 13.2 Å². The summed E-state index contributed by atoms with van der Waals surface area (Å²) in [5.74, 6) is 0.323. The number of alkyl halides is 3. The van der Waals surface area contributed by atoms with Gasteiger partial charge >= 0.3 is 6.18 Å². The third kappa shape index (κ3) is 4.50. The van der Waals surface area contributed by atoms with Crippen molar-refractivity contribution in [2.75, 3.05) is 7.11 Å². The predicted octanol–water partition coefficient (Wildman–Crippen LogP) is 2.96. The van der Waals surface area contributed by atoms with Crippen LogP contribution >= 0.6 is 0 Å². The Morgan fingerprint density at radius 3 is 2.42 bits per heavy atom. The molecular formula is C12H16F3NO2S. The Morgan fingerprint density at radius 1 is 1.32 bits per heavy atom. The molecule has 0 spiro atoms. The number of benzene rings is 1. The van der Waals surface area contributed by atoms with Crippen LogP contribution in [0, 0.1) is 0 Å². The van der Waals surface area contributed by atoms with Crippen LogP contribution in [0.25, 0.3) is 0 Å². The Hall–Kier alpha value is -1.08. The van der Waals surface area contributed by atoms with Gasteiger partial charge in [0, 0.05) is 5.25 Å². The van der Waals surface area contributed by atoms with Crippen molar-refractivity contribution in [1.29, 1.82) is 0 Å². The molecule has 0 fully saturated rings. The number of halogens is 3. The standard InChI is InChI=1S/C12H16F3NO2S/c1-8(2)19(17)16-11(12(13,14)15)9-5-4-6-10(7-9)18-3/h4-8,11,16H,1-3H3/t11-,19-/m0/s1. The highest BCUT2D eigenvalue weighted by Gasteiger charge is 2.42. The quantitative estimate of drug-likeness (QED) is 0.907. The van der Waals surface area contributed by atoms with E-state index in [-0.39, 0.29) is 5.56 Å². The molecule has 0 radical (unpaired) electrons. The second-order valence-corrected chi connectivity index (χ2v) is 5.99. The number of hydrogen-bond donors (Lipinski definition) is 1. The molecule has 0 aliphatic heterocycles. The summed E-state index contributed by atoms with van der Waals surface area (Å²) in [6, 6.07) is 3.64. The summed E-state index contributed by atoms with van der Waals surface area (Å²) in [7, 11) is -0.392. The summed E-state index contributed by atoms with van der Waals surface area (Å²) in [6.07, 6.45) is -4.53. The maximum Gasteiger partial charge on any atom is 0.408 e. The van der Waals surface area contributed by atoms with Crippen molar-refractivity contribution in [3.05, 3.63) is 29.8 Å². The largest absolute Gasteiger partial charge is 0.497 e. The molecule has 0 amide bonds. The van der Waals surface area contributed by atoms with E-state index in [4.69, 9.17) is 4.74 Å². The average molecular weight is 295 g/mol. The van der Waals surface area contributed by atoms with Crippen LogP contribution in [0.4, 0.5) is 13.2 Å². The number of hydrogen-bond acceptors (Lipinski definition) is 2. The molecule has 2 atom stereocenters. The second kappa shape index (κ2) is 6.38. The molecule has 0 bridgehead atoms. The van der Waals surface area contributed by atoms with Crippen molar-refractivity contribution >= 4 is 11.0 Å². The number of methoxy groups -OCH3 is 1. The van der Waals surface area contributed by atoms with Gasteiger partial charge < -0.3 is 4.74 Å². The number of rotatable bonds is 5. The molecule has 108 valence electrons. The molecule has 1 aromatic rings. The minimum atomic E-state index is -4.53. The minimum absolute atomic E-state index is 0.0270. The van der Waals surface area contributed by atoms with Crippen LogP contribution in [-0.2, 0) is 11.0 Å². The first-order chi connectivity index (χ1) is 8.75. The normalized spacial score (nSPS) is 15.3. The topological polar surface area (TPSA) is 38.3 Å². The molecule has 0 aliphatic rings. The van der Waals surface area contributed by atoms with E-state index < -0.39 is 28.5 Å². The molecule has 0 aliphatic carbocycles. The van der Waals surface area contributed by atoms with Gasteiger partial charge in [0.05, 0.1) is 18.1 Å². The molecule has 7 heteroatoms. The van der Waals surface area contributed by atoms with E-state index in [9.17, 15) is 17.4 Å². The summed E-state index contributed by atoms with van der Waals surface area (Å²) in [5.41, 5.74) is -0.0270. The van der Waals surface area contributed by atoms with Crippen LogP contribution in [0.5, 0.6) is 5.75 Å². The lowest BCUT2D eigenvalue weighted by Gasteiger charge is -2.22. The molecule has 0 unspecified atom stereocenters. The van der Waals surface area contributed by atoms with Gasteiger partial charge in [0.25, 0.3) is 0 Å². The van der Waals surface area contributed by atoms with Crippen LogP contribution in [-0.4, -0.2) is 22.7 Å². The first-order valence-electron chi connectivity index (χ1n) is 5.63. The minimum Gasteiger partial charge on any atom is -0.497 e. The molecular weight excluding hydrogens is 279 g/mol. The van der Waals surface area contributed by atoms with E-state index in [1.54, 1.807) is 19.9 Å². The molecule has 0 saturated carbocycles. The van der Waals surface area contributed by atoms with Crippen LogP contribution in [0.2, 0.25) is 0 Å². The van der Waals surface area contributed by atoms with E-state index in [1.165, 1.54) is 25.3 Å². The van der Waals surface area contributed by atoms with Crippen molar-refractivity contribution in [2.24, 2.45) is 0 Å². The monoisotopic (exact) mass is 295 g/mol. The molecule has 0 aromatic heterocycles. The van der Waals surface area contributed by atoms with Crippen molar-refractivity contribution in [2.45, 2.75) is 31.3 Å². The molecule has 1 aromatic carbocycles. The highest BCUT2D eigenvalue weighted by molar-refractivity contribution is 7.83. The SMILES string of the molecule is COc1cccc([C@H](N[S@@](=O)C(C)C)C(F)(F)F)c1. The van der Waals surface area contributed by atoms with Gasteiger partial charge in [-0.3, -0.25) is 0 Å². The van der Waals surface area contributed by atoms with Crippen molar-refractivity contribution < 1.29 is 22.1 Å². The molecule has 1 N–H and O–H groups in total. The van der Waals surface area contributed by atoms with E-state index in [0.29, 0.717) is 5.75 Å². The van der Waals surface area contributed by atoms with Crippen LogP contribution < -0.4 is 9.46 Å².